The van der Waals surface area contributed by atoms with Gasteiger partial charge in [0.05, 0.1) is 5.02 Å². The lowest BCUT2D eigenvalue weighted by molar-refractivity contribution is 0.575. The van der Waals surface area contributed by atoms with E-state index in [1.54, 1.807) is 6.07 Å². The van der Waals surface area contributed by atoms with Crippen LogP contribution in [-0.4, -0.2) is 17.6 Å². The zero-order valence-electron chi connectivity index (χ0n) is 8.45. The first-order chi connectivity index (χ1) is 8.03. The second kappa shape index (κ2) is 4.31. The van der Waals surface area contributed by atoms with Gasteiger partial charge in [0.25, 0.3) is 15.6 Å². The van der Waals surface area contributed by atoms with Gasteiger partial charge in [-0.2, -0.15) is 13.5 Å². The molecule has 17 heavy (non-hydrogen) atoms. The van der Waals surface area contributed by atoms with Gasteiger partial charge in [-0.1, -0.05) is 23.7 Å². The Morgan fingerprint density at radius 2 is 1.82 bits per heavy atom. The molecule has 0 aliphatic rings. The average Bonchev–Trinajstić information content (AvgIpc) is 2.29. The Labute approximate surface area is 102 Å². The van der Waals surface area contributed by atoms with Crippen LogP contribution in [0, 0.1) is 0 Å². The molecule has 0 aliphatic heterocycles. The fourth-order valence-electron chi connectivity index (χ4n) is 1.27. The highest BCUT2D eigenvalue weighted by Crippen LogP contribution is 2.21. The first-order valence-corrected chi connectivity index (χ1v) is 6.40. The molecule has 2 rings (SSSR count). The second-order valence-corrected chi connectivity index (χ2v) is 5.28. The van der Waals surface area contributed by atoms with Gasteiger partial charge < -0.3 is 0 Å². The van der Waals surface area contributed by atoms with Crippen LogP contribution < -0.4 is 5.56 Å². The van der Waals surface area contributed by atoms with E-state index in [2.05, 4.69) is 5.10 Å². The third-order valence-corrected chi connectivity index (χ3v) is 4.11. The monoisotopic (exact) mass is 270 g/mol. The number of hydrogen-bond acceptors (Lipinski definition) is 4. The smallest absolute Gasteiger partial charge is 0.267 e. The highest BCUT2D eigenvalue weighted by Gasteiger charge is 2.21. The van der Waals surface area contributed by atoms with Crippen LogP contribution in [0.25, 0.3) is 0 Å². The SMILES string of the molecule is O=c1cccnn1S(=O)(=O)c1ccccc1Cl. The van der Waals surface area contributed by atoms with Crippen LogP contribution in [0.2, 0.25) is 5.02 Å². The molecule has 2 aromatic rings. The Morgan fingerprint density at radius 3 is 2.47 bits per heavy atom. The molecule has 0 fully saturated rings. The maximum Gasteiger partial charge on any atom is 0.287 e. The summed E-state index contributed by atoms with van der Waals surface area (Å²) in [7, 11) is -4.04. The predicted molar refractivity (Wildman–Crippen MR) is 62.5 cm³/mol. The van der Waals surface area contributed by atoms with Gasteiger partial charge in [-0.25, -0.2) is 0 Å². The first kappa shape index (κ1) is 11.8. The summed E-state index contributed by atoms with van der Waals surface area (Å²) in [5.74, 6) is 0. The number of rotatable bonds is 2. The van der Waals surface area contributed by atoms with Crippen LogP contribution in [0.15, 0.2) is 52.3 Å². The van der Waals surface area contributed by atoms with Crippen LogP contribution in [0.4, 0.5) is 0 Å². The van der Waals surface area contributed by atoms with Crippen molar-refractivity contribution < 1.29 is 8.42 Å². The summed E-state index contributed by atoms with van der Waals surface area (Å²) < 4.78 is 24.6. The molecule has 88 valence electrons. The number of benzene rings is 1. The van der Waals surface area contributed by atoms with Crippen LogP contribution in [0.1, 0.15) is 0 Å². The Bertz CT molecular complexity index is 709. The summed E-state index contributed by atoms with van der Waals surface area (Å²) in [4.78, 5) is 11.3. The molecular formula is C10H7ClN2O3S. The van der Waals surface area contributed by atoms with Gasteiger partial charge >= 0.3 is 0 Å². The largest absolute Gasteiger partial charge is 0.287 e. The lowest BCUT2D eigenvalue weighted by Crippen LogP contribution is -2.28. The van der Waals surface area contributed by atoms with Gasteiger partial charge in [-0.3, -0.25) is 4.79 Å². The molecule has 0 saturated heterocycles. The van der Waals surface area contributed by atoms with Gasteiger partial charge in [-0.15, -0.1) is 4.09 Å². The van der Waals surface area contributed by atoms with E-state index in [1.165, 1.54) is 30.5 Å². The highest BCUT2D eigenvalue weighted by atomic mass is 35.5. The van der Waals surface area contributed by atoms with Crippen LogP contribution >= 0.6 is 11.6 Å². The quantitative estimate of drug-likeness (QED) is 0.820. The molecule has 1 aromatic carbocycles. The van der Waals surface area contributed by atoms with E-state index in [9.17, 15) is 13.2 Å². The molecule has 7 heteroatoms. The van der Waals surface area contributed by atoms with Gasteiger partial charge in [0, 0.05) is 12.3 Å². The van der Waals surface area contributed by atoms with Gasteiger partial charge in [-0.05, 0) is 18.2 Å². The molecule has 0 atom stereocenters. The molecule has 0 aliphatic carbocycles. The van der Waals surface area contributed by atoms with Crippen LogP contribution in [0.3, 0.4) is 0 Å². The summed E-state index contributed by atoms with van der Waals surface area (Å²) >= 11 is 5.79. The van der Waals surface area contributed by atoms with E-state index in [1.807, 2.05) is 0 Å². The molecule has 0 unspecified atom stereocenters. The van der Waals surface area contributed by atoms with E-state index in [0.717, 1.165) is 6.07 Å². The van der Waals surface area contributed by atoms with Crippen molar-refractivity contribution in [3.8, 4) is 0 Å². The minimum Gasteiger partial charge on any atom is -0.267 e. The lowest BCUT2D eigenvalue weighted by Gasteiger charge is -2.06. The summed E-state index contributed by atoms with van der Waals surface area (Å²) in [5.41, 5.74) is -0.729. The fourth-order valence-corrected chi connectivity index (χ4v) is 2.93. The molecule has 0 amide bonds. The second-order valence-electron chi connectivity index (χ2n) is 3.14. The van der Waals surface area contributed by atoms with E-state index < -0.39 is 15.6 Å². The zero-order valence-corrected chi connectivity index (χ0v) is 10.0. The third-order valence-electron chi connectivity index (χ3n) is 2.03. The Balaban J connectivity index is 2.72. The Hall–Kier alpha value is -1.66. The van der Waals surface area contributed by atoms with Crippen molar-refractivity contribution in [3.05, 3.63) is 58.0 Å². The zero-order chi connectivity index (χ0) is 12.5. The summed E-state index contributed by atoms with van der Waals surface area (Å²) in [6, 6.07) is 8.35. The average molecular weight is 271 g/mol. The fraction of sp³-hybridized carbons (Fsp3) is 0. The number of aromatic nitrogens is 2. The number of halogens is 1. The maximum atomic E-state index is 12.1. The molecule has 0 saturated carbocycles. The van der Waals surface area contributed by atoms with Crippen LogP contribution in [0.5, 0.6) is 0 Å². The molecule has 1 aromatic heterocycles. The summed E-state index contributed by atoms with van der Waals surface area (Å²) in [6.07, 6.45) is 1.22. The van der Waals surface area contributed by atoms with E-state index in [4.69, 9.17) is 11.6 Å². The van der Waals surface area contributed by atoms with Crippen molar-refractivity contribution in [3.63, 3.8) is 0 Å². The lowest BCUT2D eigenvalue weighted by atomic mass is 10.4. The third kappa shape index (κ3) is 2.09. The standard InChI is InChI=1S/C10H7ClN2O3S/c11-8-4-1-2-5-9(8)17(15,16)13-10(14)6-3-7-12-13/h1-7H. The van der Waals surface area contributed by atoms with E-state index in [0.29, 0.717) is 4.09 Å². The first-order valence-electron chi connectivity index (χ1n) is 4.58. The van der Waals surface area contributed by atoms with Gasteiger partial charge in [0.1, 0.15) is 4.90 Å². The Kier molecular flexibility index (Phi) is 2.99. The Morgan fingerprint density at radius 1 is 1.12 bits per heavy atom. The normalized spacial score (nSPS) is 11.4. The van der Waals surface area contributed by atoms with E-state index in [-0.39, 0.29) is 9.92 Å². The summed E-state index contributed by atoms with van der Waals surface area (Å²) in [5, 5.41) is 3.57. The highest BCUT2D eigenvalue weighted by molar-refractivity contribution is 7.90. The predicted octanol–water partition coefficient (Wildman–Crippen LogP) is 1.13. The topological polar surface area (TPSA) is 69.0 Å². The minimum atomic E-state index is -4.04. The molecule has 0 N–H and O–H groups in total. The number of hydrogen-bond donors (Lipinski definition) is 0. The molecule has 1 heterocycles. The molecule has 0 bridgehead atoms. The van der Waals surface area contributed by atoms with Crippen molar-refractivity contribution in [1.82, 2.24) is 9.19 Å². The van der Waals surface area contributed by atoms with Crippen LogP contribution in [-0.2, 0) is 10.0 Å². The molecule has 5 nitrogen and oxygen atoms in total. The van der Waals surface area contributed by atoms with Crippen molar-refractivity contribution in [2.75, 3.05) is 0 Å². The van der Waals surface area contributed by atoms with Gasteiger partial charge in [0.15, 0.2) is 0 Å². The van der Waals surface area contributed by atoms with Crippen molar-refractivity contribution in [2.45, 2.75) is 4.90 Å². The molecule has 0 spiro atoms. The van der Waals surface area contributed by atoms with Crippen molar-refractivity contribution >= 4 is 21.6 Å². The molecule has 0 radical (unpaired) electrons. The van der Waals surface area contributed by atoms with Crippen molar-refractivity contribution in [2.24, 2.45) is 0 Å². The van der Waals surface area contributed by atoms with E-state index >= 15 is 0 Å². The van der Waals surface area contributed by atoms with Crippen molar-refractivity contribution in [1.29, 1.82) is 0 Å². The maximum absolute atomic E-state index is 12.1. The number of nitrogens with zero attached hydrogens (tertiary/aromatic N) is 2. The van der Waals surface area contributed by atoms with Gasteiger partial charge in [0.2, 0.25) is 0 Å². The summed E-state index contributed by atoms with van der Waals surface area (Å²) in [6.45, 7) is 0. The molecular weight excluding hydrogens is 264 g/mol. The minimum absolute atomic E-state index is 0.0463.